The van der Waals surface area contributed by atoms with Crippen molar-refractivity contribution in [3.8, 4) is 11.5 Å². The molecule has 5 nitrogen and oxygen atoms in total. The fraction of sp³-hybridized carbons (Fsp3) is 0.381. The van der Waals surface area contributed by atoms with Crippen LogP contribution in [0.3, 0.4) is 0 Å². The van der Waals surface area contributed by atoms with Crippen LogP contribution >= 0.6 is 0 Å². The van der Waals surface area contributed by atoms with Gasteiger partial charge in [0.1, 0.15) is 0 Å². The molecular weight excluding hydrogens is 387 g/mol. The third-order valence-corrected chi connectivity index (χ3v) is 4.82. The van der Waals surface area contributed by atoms with Crippen LogP contribution in [0, 0.1) is 0 Å². The summed E-state index contributed by atoms with van der Waals surface area (Å²) in [5.41, 5.74) is 2.70. The van der Waals surface area contributed by atoms with Gasteiger partial charge in [0.25, 0.3) is 0 Å². The Kier molecular flexibility index (Phi) is 6.20. The average Bonchev–Trinajstić information content (AvgIpc) is 2.71. The molecule has 2 aromatic rings. The minimum Gasteiger partial charge on any atom is -0.493 e. The zero-order valence-corrected chi connectivity index (χ0v) is 16.2. The number of hydrogen-bond acceptors (Lipinski definition) is 5. The molecule has 2 aromatic carbocycles. The van der Waals surface area contributed by atoms with E-state index in [4.69, 9.17) is 14.2 Å². The fourth-order valence-electron chi connectivity index (χ4n) is 3.49. The van der Waals surface area contributed by atoms with Gasteiger partial charge in [-0.3, -0.25) is 4.79 Å². The zero-order chi connectivity index (χ0) is 21.0. The van der Waals surface area contributed by atoms with E-state index in [2.05, 4.69) is 4.90 Å². The first-order valence-corrected chi connectivity index (χ1v) is 9.10. The summed E-state index contributed by atoms with van der Waals surface area (Å²) in [4.78, 5) is 14.2. The van der Waals surface area contributed by atoms with Gasteiger partial charge in [-0.25, -0.2) is 0 Å². The molecular formula is C21H22F3NO4. The van der Waals surface area contributed by atoms with Crippen molar-refractivity contribution >= 4 is 11.7 Å². The molecule has 0 amide bonds. The minimum absolute atomic E-state index is 0.0402. The Hall–Kier alpha value is -2.90. The monoisotopic (exact) mass is 409 g/mol. The summed E-state index contributed by atoms with van der Waals surface area (Å²) in [5.74, 6) is -0.284. The number of carbonyl (C=O) groups excluding carboxylic acids is 1. The lowest BCUT2D eigenvalue weighted by Crippen LogP contribution is -2.33. The Morgan fingerprint density at radius 1 is 1.14 bits per heavy atom. The number of fused-ring (bicyclic) bond motifs is 1. The molecule has 0 radical (unpaired) electrons. The first-order valence-electron chi connectivity index (χ1n) is 9.10. The molecule has 0 aliphatic carbocycles. The third-order valence-electron chi connectivity index (χ3n) is 4.82. The highest BCUT2D eigenvalue weighted by atomic mass is 19.4. The number of para-hydroxylation sites is 1. The number of alkyl halides is 3. The molecule has 0 unspecified atom stereocenters. The highest BCUT2D eigenvalue weighted by Crippen LogP contribution is 2.37. The van der Waals surface area contributed by atoms with Crippen LogP contribution in [0.4, 0.5) is 18.9 Å². The Balaban J connectivity index is 1.80. The van der Waals surface area contributed by atoms with E-state index in [0.717, 1.165) is 16.8 Å². The van der Waals surface area contributed by atoms with Gasteiger partial charge >= 0.3 is 12.1 Å². The van der Waals surface area contributed by atoms with Gasteiger partial charge in [-0.15, -0.1) is 0 Å². The molecule has 1 aliphatic heterocycles. The maximum atomic E-state index is 12.4. The quantitative estimate of drug-likeness (QED) is 0.666. The van der Waals surface area contributed by atoms with Gasteiger partial charge in [-0.2, -0.15) is 13.2 Å². The highest BCUT2D eigenvalue weighted by Gasteiger charge is 2.31. The van der Waals surface area contributed by atoms with Crippen molar-refractivity contribution in [2.75, 3.05) is 32.3 Å². The SMILES string of the molecule is COC(=O)[C@H]1CCN(Cc2ccc(OCC(F)(F)F)c(OC)c2)c2ccccc21. The summed E-state index contributed by atoms with van der Waals surface area (Å²) in [5, 5.41) is 0. The minimum atomic E-state index is -4.42. The summed E-state index contributed by atoms with van der Waals surface area (Å²) >= 11 is 0. The van der Waals surface area contributed by atoms with E-state index in [0.29, 0.717) is 19.5 Å². The second kappa shape index (κ2) is 8.63. The smallest absolute Gasteiger partial charge is 0.422 e. The Morgan fingerprint density at radius 3 is 2.59 bits per heavy atom. The van der Waals surface area contributed by atoms with Crippen LogP contribution in [0.1, 0.15) is 23.5 Å². The third kappa shape index (κ3) is 4.93. The average molecular weight is 409 g/mol. The van der Waals surface area contributed by atoms with Crippen molar-refractivity contribution in [3.05, 3.63) is 53.6 Å². The maximum absolute atomic E-state index is 12.4. The van der Waals surface area contributed by atoms with E-state index in [9.17, 15) is 18.0 Å². The number of benzene rings is 2. The van der Waals surface area contributed by atoms with Crippen LogP contribution in [0.15, 0.2) is 42.5 Å². The van der Waals surface area contributed by atoms with E-state index >= 15 is 0 Å². The summed E-state index contributed by atoms with van der Waals surface area (Å²) in [6.45, 7) is -0.219. The molecule has 0 saturated heterocycles. The lowest BCUT2D eigenvalue weighted by Gasteiger charge is -2.34. The van der Waals surface area contributed by atoms with Crippen molar-refractivity contribution in [1.29, 1.82) is 0 Å². The number of hydrogen-bond donors (Lipinski definition) is 0. The molecule has 0 bridgehead atoms. The molecule has 1 aliphatic rings. The first kappa shape index (κ1) is 20.8. The van der Waals surface area contributed by atoms with Crippen molar-refractivity contribution in [2.45, 2.75) is 25.1 Å². The number of ether oxygens (including phenoxy) is 3. The van der Waals surface area contributed by atoms with E-state index in [-0.39, 0.29) is 23.4 Å². The molecule has 8 heteroatoms. The van der Waals surface area contributed by atoms with E-state index in [1.807, 2.05) is 24.3 Å². The molecule has 0 N–H and O–H groups in total. The molecule has 1 heterocycles. The van der Waals surface area contributed by atoms with Crippen LogP contribution in [-0.4, -0.2) is 39.5 Å². The number of halogens is 3. The standard InChI is InChI=1S/C21H22F3NO4/c1-27-19-11-14(7-8-18(19)29-13-21(22,23)24)12-25-10-9-16(20(26)28-2)15-5-3-4-6-17(15)25/h3-8,11,16H,9-10,12-13H2,1-2H3/t16-/m0/s1. The number of nitrogens with zero attached hydrogens (tertiary/aromatic N) is 1. The predicted molar refractivity (Wildman–Crippen MR) is 101 cm³/mol. The maximum Gasteiger partial charge on any atom is 0.422 e. The summed E-state index contributed by atoms with van der Waals surface area (Å²) < 4.78 is 52.2. The number of rotatable bonds is 6. The van der Waals surface area contributed by atoms with Gasteiger partial charge in [-0.05, 0) is 35.7 Å². The Bertz CT molecular complexity index is 869. The van der Waals surface area contributed by atoms with Gasteiger partial charge in [0.05, 0.1) is 20.1 Å². The second-order valence-electron chi connectivity index (χ2n) is 6.73. The Morgan fingerprint density at radius 2 is 1.90 bits per heavy atom. The lowest BCUT2D eigenvalue weighted by atomic mass is 9.89. The van der Waals surface area contributed by atoms with Gasteiger partial charge in [-0.1, -0.05) is 24.3 Å². The topological polar surface area (TPSA) is 48.0 Å². The fourth-order valence-corrected chi connectivity index (χ4v) is 3.49. The van der Waals surface area contributed by atoms with Gasteiger partial charge in [0, 0.05) is 18.8 Å². The zero-order valence-electron chi connectivity index (χ0n) is 16.2. The molecule has 0 spiro atoms. The highest BCUT2D eigenvalue weighted by molar-refractivity contribution is 5.82. The molecule has 0 saturated carbocycles. The summed E-state index contributed by atoms with van der Waals surface area (Å²) in [7, 11) is 2.77. The molecule has 0 fully saturated rings. The van der Waals surface area contributed by atoms with Crippen molar-refractivity contribution in [3.63, 3.8) is 0 Å². The second-order valence-corrected chi connectivity index (χ2v) is 6.73. The van der Waals surface area contributed by atoms with Crippen LogP contribution < -0.4 is 14.4 Å². The van der Waals surface area contributed by atoms with Crippen molar-refractivity contribution in [1.82, 2.24) is 0 Å². The van der Waals surface area contributed by atoms with E-state index < -0.39 is 12.8 Å². The van der Waals surface area contributed by atoms with Crippen molar-refractivity contribution in [2.24, 2.45) is 0 Å². The molecule has 1 atom stereocenters. The number of esters is 1. The number of methoxy groups -OCH3 is 2. The van der Waals surface area contributed by atoms with Crippen molar-refractivity contribution < 1.29 is 32.2 Å². The summed E-state index contributed by atoms with van der Waals surface area (Å²) in [6.07, 6.45) is -3.80. The molecule has 156 valence electrons. The number of carbonyl (C=O) groups is 1. The first-order chi connectivity index (χ1) is 13.8. The summed E-state index contributed by atoms with van der Waals surface area (Å²) in [6, 6.07) is 12.5. The van der Waals surface area contributed by atoms with Gasteiger partial charge < -0.3 is 19.1 Å². The molecule has 3 rings (SSSR count). The van der Waals surface area contributed by atoms with Crippen LogP contribution in [-0.2, 0) is 16.1 Å². The molecule has 29 heavy (non-hydrogen) atoms. The van der Waals surface area contributed by atoms with Gasteiger partial charge in [0.2, 0.25) is 0 Å². The molecule has 0 aromatic heterocycles. The normalized spacial score (nSPS) is 16.2. The predicted octanol–water partition coefficient (Wildman–Crippen LogP) is 4.30. The van der Waals surface area contributed by atoms with E-state index in [1.54, 1.807) is 12.1 Å². The lowest BCUT2D eigenvalue weighted by molar-refractivity contribution is -0.153. The van der Waals surface area contributed by atoms with Gasteiger partial charge in [0.15, 0.2) is 18.1 Å². The van der Waals surface area contributed by atoms with E-state index in [1.165, 1.54) is 20.3 Å². The van der Waals surface area contributed by atoms with Crippen LogP contribution in [0.25, 0.3) is 0 Å². The Labute approximate surface area is 167 Å². The largest absolute Gasteiger partial charge is 0.493 e. The van der Waals surface area contributed by atoms with Crippen LogP contribution in [0.5, 0.6) is 11.5 Å². The number of anilines is 1. The van der Waals surface area contributed by atoms with Crippen LogP contribution in [0.2, 0.25) is 0 Å².